The minimum Gasteiger partial charge on any atom is -0.497 e. The molecule has 0 spiro atoms. The van der Waals surface area contributed by atoms with Gasteiger partial charge in [0.25, 0.3) is 0 Å². The number of hydrogen-bond donors (Lipinski definition) is 1. The molecule has 8 nitrogen and oxygen atoms in total. The first-order valence-corrected chi connectivity index (χ1v) is 10.4. The number of nitrogens with one attached hydrogen (secondary N) is 1. The van der Waals surface area contributed by atoms with E-state index < -0.39 is 0 Å². The van der Waals surface area contributed by atoms with Crippen molar-refractivity contribution in [1.82, 2.24) is 15.0 Å². The van der Waals surface area contributed by atoms with Crippen LogP contribution >= 0.6 is 0 Å². The molecular formula is C23H26N4O4. The number of hydrogen-bond acceptors (Lipinski definition) is 7. The predicted molar refractivity (Wildman–Crippen MR) is 116 cm³/mol. The number of carbonyl (C=O) groups excluding carboxylic acids is 1. The minimum atomic E-state index is -0.233. The van der Waals surface area contributed by atoms with E-state index in [-0.39, 0.29) is 11.9 Å². The van der Waals surface area contributed by atoms with Gasteiger partial charge < -0.3 is 19.3 Å². The lowest BCUT2D eigenvalue weighted by molar-refractivity contribution is -0.120. The van der Waals surface area contributed by atoms with Crippen molar-refractivity contribution in [2.24, 2.45) is 0 Å². The Labute approximate surface area is 181 Å². The fourth-order valence-corrected chi connectivity index (χ4v) is 3.69. The summed E-state index contributed by atoms with van der Waals surface area (Å²) in [4.78, 5) is 19.4. The molecule has 8 heteroatoms. The fourth-order valence-electron chi connectivity index (χ4n) is 3.69. The molecule has 0 bridgehead atoms. The first kappa shape index (κ1) is 20.9. The van der Waals surface area contributed by atoms with Crippen LogP contribution in [0.1, 0.15) is 25.7 Å². The number of nitrogens with zero attached hydrogens (tertiary/aromatic N) is 3. The van der Waals surface area contributed by atoms with Gasteiger partial charge in [-0.1, -0.05) is 5.16 Å². The van der Waals surface area contributed by atoms with Gasteiger partial charge in [0.2, 0.25) is 17.6 Å². The lowest BCUT2D eigenvalue weighted by Crippen LogP contribution is -2.39. The van der Waals surface area contributed by atoms with Crippen LogP contribution in [-0.2, 0) is 11.3 Å². The maximum absolute atomic E-state index is 12.8. The average molecular weight is 422 g/mol. The molecule has 4 rings (SSSR count). The lowest BCUT2D eigenvalue weighted by atomic mass is 10.2. The zero-order valence-electron chi connectivity index (χ0n) is 17.7. The van der Waals surface area contributed by atoms with Gasteiger partial charge in [-0.2, -0.15) is 4.98 Å². The molecule has 2 aromatic carbocycles. The van der Waals surface area contributed by atoms with Gasteiger partial charge in [-0.25, -0.2) is 0 Å². The lowest BCUT2D eigenvalue weighted by Gasteiger charge is -2.22. The Balaban J connectivity index is 1.38. The molecule has 0 aliphatic carbocycles. The van der Waals surface area contributed by atoms with Gasteiger partial charge in [-0.15, -0.1) is 0 Å². The van der Waals surface area contributed by atoms with E-state index in [0.717, 1.165) is 42.1 Å². The number of ether oxygens (including phenoxy) is 2. The molecule has 1 N–H and O–H groups in total. The van der Waals surface area contributed by atoms with Gasteiger partial charge in [-0.3, -0.25) is 9.69 Å². The SMILES string of the molecule is CCOc1ccc(-c2noc(CN3CCCC3C(=O)Nc3ccc(OC)cc3)n2)cc1. The number of benzene rings is 2. The zero-order chi connectivity index (χ0) is 21.6. The average Bonchev–Trinajstić information content (AvgIpc) is 3.45. The van der Waals surface area contributed by atoms with Crippen LogP contribution in [0, 0.1) is 0 Å². The number of amides is 1. The highest BCUT2D eigenvalue weighted by Gasteiger charge is 2.32. The molecule has 1 saturated heterocycles. The van der Waals surface area contributed by atoms with Gasteiger partial charge in [0.1, 0.15) is 11.5 Å². The van der Waals surface area contributed by atoms with Crippen LogP contribution < -0.4 is 14.8 Å². The van der Waals surface area contributed by atoms with Crippen LogP contribution in [0.3, 0.4) is 0 Å². The summed E-state index contributed by atoms with van der Waals surface area (Å²) in [5.74, 6) is 2.54. The van der Waals surface area contributed by atoms with Crippen LogP contribution in [0.5, 0.6) is 11.5 Å². The fraction of sp³-hybridized carbons (Fsp3) is 0.348. The van der Waals surface area contributed by atoms with E-state index in [0.29, 0.717) is 24.9 Å². The van der Waals surface area contributed by atoms with Gasteiger partial charge in [0.05, 0.1) is 26.3 Å². The number of carbonyl (C=O) groups is 1. The van der Waals surface area contributed by atoms with E-state index >= 15 is 0 Å². The molecule has 31 heavy (non-hydrogen) atoms. The molecule has 1 aromatic heterocycles. The first-order valence-electron chi connectivity index (χ1n) is 10.4. The third kappa shape index (κ3) is 5.03. The van der Waals surface area contributed by atoms with Gasteiger partial charge in [0.15, 0.2) is 0 Å². The second kappa shape index (κ2) is 9.61. The van der Waals surface area contributed by atoms with Crippen molar-refractivity contribution >= 4 is 11.6 Å². The molecule has 3 aromatic rings. The number of rotatable bonds is 8. The predicted octanol–water partition coefficient (Wildman–Crippen LogP) is 3.75. The molecule has 0 radical (unpaired) electrons. The minimum absolute atomic E-state index is 0.0334. The summed E-state index contributed by atoms with van der Waals surface area (Å²) in [6, 6.07) is 14.6. The van der Waals surface area contributed by atoms with Crippen molar-refractivity contribution in [3.63, 3.8) is 0 Å². The molecule has 1 aliphatic rings. The summed E-state index contributed by atoms with van der Waals surface area (Å²) < 4.78 is 16.1. The normalized spacial score (nSPS) is 16.3. The van der Waals surface area contributed by atoms with E-state index in [9.17, 15) is 4.79 Å². The summed E-state index contributed by atoms with van der Waals surface area (Å²) in [7, 11) is 1.61. The van der Waals surface area contributed by atoms with Crippen molar-refractivity contribution in [3.05, 3.63) is 54.4 Å². The number of likely N-dealkylation sites (tertiary alicyclic amines) is 1. The molecule has 0 saturated carbocycles. The highest BCUT2D eigenvalue weighted by atomic mass is 16.5. The summed E-state index contributed by atoms with van der Waals surface area (Å²) in [5.41, 5.74) is 1.60. The topological polar surface area (TPSA) is 89.7 Å². The third-order valence-electron chi connectivity index (χ3n) is 5.25. The Morgan fingerprint density at radius 1 is 1.16 bits per heavy atom. The van der Waals surface area contributed by atoms with Crippen molar-refractivity contribution in [2.45, 2.75) is 32.4 Å². The van der Waals surface area contributed by atoms with E-state index in [4.69, 9.17) is 14.0 Å². The highest BCUT2D eigenvalue weighted by molar-refractivity contribution is 5.95. The molecule has 1 atom stereocenters. The number of methoxy groups -OCH3 is 1. The smallest absolute Gasteiger partial charge is 0.241 e. The molecule has 1 fully saturated rings. The van der Waals surface area contributed by atoms with E-state index in [1.807, 2.05) is 55.5 Å². The number of anilines is 1. The molecular weight excluding hydrogens is 396 g/mol. The first-order chi connectivity index (χ1) is 15.2. The van der Waals surface area contributed by atoms with Crippen LogP contribution in [0.2, 0.25) is 0 Å². The second-order valence-electron chi connectivity index (χ2n) is 7.32. The van der Waals surface area contributed by atoms with Crippen molar-refractivity contribution in [1.29, 1.82) is 0 Å². The molecule has 1 amide bonds. The van der Waals surface area contributed by atoms with Crippen LogP contribution in [0.25, 0.3) is 11.4 Å². The maximum Gasteiger partial charge on any atom is 0.241 e. The largest absolute Gasteiger partial charge is 0.497 e. The third-order valence-corrected chi connectivity index (χ3v) is 5.25. The molecule has 162 valence electrons. The molecule has 1 aliphatic heterocycles. The monoisotopic (exact) mass is 422 g/mol. The van der Waals surface area contributed by atoms with Crippen LogP contribution in [0.15, 0.2) is 53.1 Å². The van der Waals surface area contributed by atoms with Crippen molar-refractivity contribution in [2.75, 3.05) is 25.6 Å². The standard InChI is InChI=1S/C23H26N4O4/c1-3-30-19-10-6-16(7-11-19)22-25-21(31-26-22)15-27-14-4-5-20(27)23(28)24-17-8-12-18(29-2)13-9-17/h6-13,20H,3-5,14-15H2,1-2H3,(H,24,28). The number of aromatic nitrogens is 2. The Morgan fingerprint density at radius 3 is 2.61 bits per heavy atom. The van der Waals surface area contributed by atoms with Gasteiger partial charge in [-0.05, 0) is 74.8 Å². The van der Waals surface area contributed by atoms with Crippen LogP contribution in [-0.4, -0.2) is 47.3 Å². The van der Waals surface area contributed by atoms with Crippen molar-refractivity contribution in [3.8, 4) is 22.9 Å². The Bertz CT molecular complexity index is 1000. The maximum atomic E-state index is 12.8. The molecule has 2 heterocycles. The highest BCUT2D eigenvalue weighted by Crippen LogP contribution is 2.24. The van der Waals surface area contributed by atoms with E-state index in [2.05, 4.69) is 20.4 Å². The Kier molecular flexibility index (Phi) is 6.47. The molecule has 1 unspecified atom stereocenters. The summed E-state index contributed by atoms with van der Waals surface area (Å²) in [6.45, 7) is 3.81. The Hall–Kier alpha value is -3.39. The second-order valence-corrected chi connectivity index (χ2v) is 7.32. The van der Waals surface area contributed by atoms with Gasteiger partial charge >= 0.3 is 0 Å². The summed E-state index contributed by atoms with van der Waals surface area (Å²) >= 11 is 0. The van der Waals surface area contributed by atoms with Gasteiger partial charge in [0, 0.05) is 11.3 Å². The zero-order valence-corrected chi connectivity index (χ0v) is 17.7. The Morgan fingerprint density at radius 2 is 1.90 bits per heavy atom. The summed E-state index contributed by atoms with van der Waals surface area (Å²) in [6.07, 6.45) is 1.74. The van der Waals surface area contributed by atoms with Crippen molar-refractivity contribution < 1.29 is 18.8 Å². The van der Waals surface area contributed by atoms with E-state index in [1.165, 1.54) is 0 Å². The van der Waals surface area contributed by atoms with E-state index in [1.54, 1.807) is 7.11 Å². The van der Waals surface area contributed by atoms with Crippen LogP contribution in [0.4, 0.5) is 5.69 Å². The summed E-state index contributed by atoms with van der Waals surface area (Å²) in [5, 5.41) is 7.08. The quantitative estimate of drug-likeness (QED) is 0.591.